The van der Waals surface area contributed by atoms with Gasteiger partial charge in [0.2, 0.25) is 5.91 Å². The molecule has 1 saturated carbocycles. The third-order valence-corrected chi connectivity index (χ3v) is 3.99. The van der Waals surface area contributed by atoms with Gasteiger partial charge in [-0.1, -0.05) is 0 Å². The van der Waals surface area contributed by atoms with E-state index in [4.69, 9.17) is 0 Å². The normalized spacial score (nSPS) is 22.0. The van der Waals surface area contributed by atoms with Gasteiger partial charge in [0.1, 0.15) is 0 Å². The minimum absolute atomic E-state index is 0.204. The average molecular weight is 282 g/mol. The minimum atomic E-state index is -0.429. The summed E-state index contributed by atoms with van der Waals surface area (Å²) in [5.74, 6) is 0.614. The fourth-order valence-corrected chi connectivity index (χ4v) is 2.66. The van der Waals surface area contributed by atoms with Crippen LogP contribution in [0, 0.1) is 5.92 Å². The lowest BCUT2D eigenvalue weighted by molar-refractivity contribution is -0.120. The zero-order valence-electron chi connectivity index (χ0n) is 12.3. The molecule has 2 fully saturated rings. The number of nitrogens with zero attached hydrogens (tertiary/aromatic N) is 1. The monoisotopic (exact) mass is 282 g/mol. The lowest BCUT2D eigenvalue weighted by Crippen LogP contribution is -2.42. The molecule has 1 saturated heterocycles. The second-order valence-corrected chi connectivity index (χ2v) is 5.87. The SMILES string of the molecule is CNC(=O)NC(=O)CCN(CC1CC1)CC1CCCN1. The van der Waals surface area contributed by atoms with Crippen molar-refractivity contribution in [2.24, 2.45) is 5.92 Å². The summed E-state index contributed by atoms with van der Waals surface area (Å²) in [6.07, 6.45) is 5.50. The van der Waals surface area contributed by atoms with Gasteiger partial charge in [-0.05, 0) is 38.1 Å². The van der Waals surface area contributed by atoms with Gasteiger partial charge in [0.25, 0.3) is 0 Å². The van der Waals surface area contributed by atoms with Crippen molar-refractivity contribution >= 4 is 11.9 Å². The van der Waals surface area contributed by atoms with E-state index in [0.717, 1.165) is 32.1 Å². The van der Waals surface area contributed by atoms with E-state index in [9.17, 15) is 9.59 Å². The van der Waals surface area contributed by atoms with Crippen molar-refractivity contribution in [2.75, 3.05) is 33.2 Å². The number of rotatable bonds is 7. The minimum Gasteiger partial charge on any atom is -0.341 e. The zero-order chi connectivity index (χ0) is 14.4. The van der Waals surface area contributed by atoms with Crippen molar-refractivity contribution < 1.29 is 9.59 Å². The molecule has 3 amide bonds. The molecule has 114 valence electrons. The maximum atomic E-state index is 11.6. The fraction of sp³-hybridized carbons (Fsp3) is 0.857. The summed E-state index contributed by atoms with van der Waals surface area (Å²) in [6, 6.07) is 0.136. The van der Waals surface area contributed by atoms with Crippen LogP contribution >= 0.6 is 0 Å². The molecular weight excluding hydrogens is 256 g/mol. The number of imide groups is 1. The van der Waals surface area contributed by atoms with Gasteiger partial charge in [0.15, 0.2) is 0 Å². The van der Waals surface area contributed by atoms with Gasteiger partial charge < -0.3 is 15.5 Å². The zero-order valence-corrected chi connectivity index (χ0v) is 12.3. The Bertz CT molecular complexity index is 338. The molecule has 1 aliphatic carbocycles. The van der Waals surface area contributed by atoms with Gasteiger partial charge >= 0.3 is 6.03 Å². The van der Waals surface area contributed by atoms with Crippen molar-refractivity contribution in [1.82, 2.24) is 20.9 Å². The molecule has 3 N–H and O–H groups in total. The van der Waals surface area contributed by atoms with Gasteiger partial charge in [0, 0.05) is 39.1 Å². The third-order valence-electron chi connectivity index (χ3n) is 3.99. The standard InChI is InChI=1S/C14H26N4O2/c1-15-14(20)17-13(19)6-8-18(9-11-4-5-11)10-12-3-2-7-16-12/h11-12,16H,2-10H2,1H3,(H2,15,17,19,20). The predicted molar refractivity (Wildman–Crippen MR) is 77.4 cm³/mol. The van der Waals surface area contributed by atoms with E-state index in [1.165, 1.54) is 32.7 Å². The molecule has 2 rings (SSSR count). The summed E-state index contributed by atoms with van der Waals surface area (Å²) in [6.45, 7) is 3.95. The Hall–Kier alpha value is -1.14. The number of carbonyl (C=O) groups is 2. The molecular formula is C14H26N4O2. The Morgan fingerprint density at radius 2 is 2.05 bits per heavy atom. The number of carbonyl (C=O) groups excluding carboxylic acids is 2. The second-order valence-electron chi connectivity index (χ2n) is 5.87. The molecule has 6 nitrogen and oxygen atoms in total. The van der Waals surface area contributed by atoms with Crippen LogP contribution in [0.15, 0.2) is 0 Å². The largest absolute Gasteiger partial charge is 0.341 e. The Morgan fingerprint density at radius 1 is 1.25 bits per heavy atom. The molecule has 1 heterocycles. The van der Waals surface area contributed by atoms with Gasteiger partial charge in [0.05, 0.1) is 0 Å². The highest BCUT2D eigenvalue weighted by molar-refractivity contribution is 5.94. The first-order chi connectivity index (χ1) is 9.67. The summed E-state index contributed by atoms with van der Waals surface area (Å²) in [5.41, 5.74) is 0. The van der Waals surface area contributed by atoms with Gasteiger partial charge in [-0.2, -0.15) is 0 Å². The molecule has 0 spiro atoms. The van der Waals surface area contributed by atoms with Crippen molar-refractivity contribution in [2.45, 2.75) is 38.1 Å². The quantitative estimate of drug-likeness (QED) is 0.628. The van der Waals surface area contributed by atoms with E-state index >= 15 is 0 Å². The summed E-state index contributed by atoms with van der Waals surface area (Å²) < 4.78 is 0. The topological polar surface area (TPSA) is 73.5 Å². The van der Waals surface area contributed by atoms with Crippen molar-refractivity contribution in [3.05, 3.63) is 0 Å². The van der Waals surface area contributed by atoms with E-state index in [1.54, 1.807) is 0 Å². The molecule has 1 aliphatic heterocycles. The van der Waals surface area contributed by atoms with Crippen LogP contribution < -0.4 is 16.0 Å². The first-order valence-corrected chi connectivity index (χ1v) is 7.64. The highest BCUT2D eigenvalue weighted by atomic mass is 16.2. The first-order valence-electron chi connectivity index (χ1n) is 7.64. The van der Waals surface area contributed by atoms with Crippen LogP contribution in [0.4, 0.5) is 4.79 Å². The highest BCUT2D eigenvalue weighted by Crippen LogP contribution is 2.30. The molecule has 0 aromatic heterocycles. The molecule has 0 aromatic carbocycles. The van der Waals surface area contributed by atoms with E-state index in [0.29, 0.717) is 12.5 Å². The first kappa shape index (κ1) is 15.3. The Balaban J connectivity index is 1.71. The number of urea groups is 1. The van der Waals surface area contributed by atoms with Crippen LogP contribution in [-0.4, -0.2) is 56.1 Å². The maximum Gasteiger partial charge on any atom is 0.321 e. The predicted octanol–water partition coefficient (Wildman–Crippen LogP) is 0.296. The molecule has 2 aliphatic rings. The van der Waals surface area contributed by atoms with Gasteiger partial charge in [-0.3, -0.25) is 10.1 Å². The molecule has 1 unspecified atom stereocenters. The van der Waals surface area contributed by atoms with E-state index in [1.807, 2.05) is 0 Å². The maximum absolute atomic E-state index is 11.6. The van der Waals surface area contributed by atoms with Gasteiger partial charge in [-0.15, -0.1) is 0 Å². The van der Waals surface area contributed by atoms with Crippen molar-refractivity contribution in [1.29, 1.82) is 0 Å². The molecule has 6 heteroatoms. The fourth-order valence-electron chi connectivity index (χ4n) is 2.66. The van der Waals surface area contributed by atoms with Crippen LogP contribution in [0.2, 0.25) is 0 Å². The Labute approximate surface area is 120 Å². The Morgan fingerprint density at radius 3 is 2.65 bits per heavy atom. The van der Waals surface area contributed by atoms with E-state index in [2.05, 4.69) is 20.9 Å². The smallest absolute Gasteiger partial charge is 0.321 e. The summed E-state index contributed by atoms with van der Waals surface area (Å²) in [4.78, 5) is 25.1. The number of nitrogens with one attached hydrogen (secondary N) is 3. The summed E-state index contributed by atoms with van der Waals surface area (Å²) >= 11 is 0. The van der Waals surface area contributed by atoms with Crippen LogP contribution in [-0.2, 0) is 4.79 Å². The molecule has 1 atom stereocenters. The summed E-state index contributed by atoms with van der Waals surface area (Å²) in [7, 11) is 1.51. The van der Waals surface area contributed by atoms with Crippen molar-refractivity contribution in [3.63, 3.8) is 0 Å². The van der Waals surface area contributed by atoms with Crippen molar-refractivity contribution in [3.8, 4) is 0 Å². The van der Waals surface area contributed by atoms with Crippen LogP contribution in [0.1, 0.15) is 32.1 Å². The highest BCUT2D eigenvalue weighted by Gasteiger charge is 2.26. The lowest BCUT2D eigenvalue weighted by Gasteiger charge is -2.25. The van der Waals surface area contributed by atoms with E-state index < -0.39 is 6.03 Å². The van der Waals surface area contributed by atoms with E-state index in [-0.39, 0.29) is 5.91 Å². The molecule has 20 heavy (non-hydrogen) atoms. The molecule has 0 radical (unpaired) electrons. The van der Waals surface area contributed by atoms with Crippen LogP contribution in [0.3, 0.4) is 0 Å². The summed E-state index contributed by atoms with van der Waals surface area (Å²) in [5, 5.41) is 8.21. The molecule has 0 aromatic rings. The number of amides is 3. The van der Waals surface area contributed by atoms with Crippen LogP contribution in [0.5, 0.6) is 0 Å². The Kier molecular flexibility index (Phi) is 5.79. The number of hydrogen-bond donors (Lipinski definition) is 3. The molecule has 0 bridgehead atoms. The average Bonchev–Trinajstić information content (AvgIpc) is 3.09. The van der Waals surface area contributed by atoms with Crippen LogP contribution in [0.25, 0.3) is 0 Å². The second kappa shape index (κ2) is 7.59. The third kappa shape index (κ3) is 5.46. The number of hydrogen-bond acceptors (Lipinski definition) is 4. The van der Waals surface area contributed by atoms with Gasteiger partial charge in [-0.25, -0.2) is 4.79 Å². The lowest BCUT2D eigenvalue weighted by atomic mass is 10.2.